The fourth-order valence-electron chi connectivity index (χ4n) is 1.37. The van der Waals surface area contributed by atoms with E-state index >= 15 is 0 Å². The second-order valence-electron chi connectivity index (χ2n) is 3.02. The number of nitrogens with zero attached hydrogens (tertiary/aromatic N) is 4. The van der Waals surface area contributed by atoms with Crippen molar-refractivity contribution in [1.29, 1.82) is 0 Å². The fraction of sp³-hybridized carbons (Fsp3) is 0.333. The topological polar surface area (TPSA) is 79.4 Å². The van der Waals surface area contributed by atoms with Crippen LogP contribution in [0.2, 0.25) is 0 Å². The zero-order valence-electron chi connectivity index (χ0n) is 8.38. The summed E-state index contributed by atoms with van der Waals surface area (Å²) >= 11 is 0. The van der Waals surface area contributed by atoms with Crippen LogP contribution in [0.15, 0.2) is 24.8 Å². The molecule has 1 atom stereocenters. The van der Waals surface area contributed by atoms with Crippen LogP contribution in [0, 0.1) is 0 Å². The molecular weight excluding hydrogens is 192 g/mol. The van der Waals surface area contributed by atoms with E-state index in [0.717, 1.165) is 17.9 Å². The van der Waals surface area contributed by atoms with Crippen LogP contribution in [0.25, 0.3) is 0 Å². The minimum absolute atomic E-state index is 0.0533. The molecule has 2 aromatic rings. The average Bonchev–Trinajstić information content (AvgIpc) is 2.80. The highest BCUT2D eigenvalue weighted by atomic mass is 15.3. The lowest BCUT2D eigenvalue weighted by Gasteiger charge is -2.13. The third-order valence-electron chi connectivity index (χ3n) is 2.02. The maximum atomic E-state index is 4.25. The Morgan fingerprint density at radius 3 is 2.87 bits per heavy atom. The summed E-state index contributed by atoms with van der Waals surface area (Å²) in [5, 5.41) is 13.7. The molecule has 0 aliphatic heterocycles. The van der Waals surface area contributed by atoms with Crippen LogP contribution in [0.5, 0.6) is 0 Å². The molecule has 0 aliphatic carbocycles. The van der Waals surface area contributed by atoms with E-state index in [4.69, 9.17) is 0 Å². The minimum atomic E-state index is -0.0533. The standard InChI is InChI=1S/C9H12N6/c1-2-11-9(8-6-13-15-14-8)7-5-10-3-4-12-7/h3-6,9,11H,2H2,1H3,(H,13,14,15). The Morgan fingerprint density at radius 1 is 1.33 bits per heavy atom. The summed E-state index contributed by atoms with van der Waals surface area (Å²) in [5.74, 6) is 0. The molecule has 2 rings (SSSR count). The van der Waals surface area contributed by atoms with Gasteiger partial charge in [-0.15, -0.1) is 0 Å². The Hall–Kier alpha value is -1.82. The highest BCUT2D eigenvalue weighted by Gasteiger charge is 2.16. The van der Waals surface area contributed by atoms with Gasteiger partial charge in [0.1, 0.15) is 5.69 Å². The van der Waals surface area contributed by atoms with E-state index in [1.807, 2.05) is 6.92 Å². The summed E-state index contributed by atoms with van der Waals surface area (Å²) in [6.45, 7) is 2.86. The predicted octanol–water partition coefficient (Wildman–Crippen LogP) is 0.294. The van der Waals surface area contributed by atoms with Crippen LogP contribution in [0.3, 0.4) is 0 Å². The van der Waals surface area contributed by atoms with E-state index in [1.54, 1.807) is 24.8 Å². The highest BCUT2D eigenvalue weighted by molar-refractivity contribution is 5.16. The van der Waals surface area contributed by atoms with Crippen LogP contribution in [0.4, 0.5) is 0 Å². The molecular formula is C9H12N6. The molecule has 2 N–H and O–H groups in total. The normalized spacial score (nSPS) is 12.6. The number of hydrogen-bond acceptors (Lipinski definition) is 5. The van der Waals surface area contributed by atoms with Gasteiger partial charge in [0.2, 0.25) is 0 Å². The Morgan fingerprint density at radius 2 is 2.27 bits per heavy atom. The van der Waals surface area contributed by atoms with E-state index in [0.29, 0.717) is 0 Å². The first-order chi connectivity index (χ1) is 7.42. The quantitative estimate of drug-likeness (QED) is 0.748. The van der Waals surface area contributed by atoms with Crippen molar-refractivity contribution in [3.8, 4) is 0 Å². The SMILES string of the molecule is CCNC(c1cnccn1)c1cn[nH]n1. The van der Waals surface area contributed by atoms with Gasteiger partial charge >= 0.3 is 0 Å². The minimum Gasteiger partial charge on any atom is -0.304 e. The van der Waals surface area contributed by atoms with Crippen LogP contribution in [-0.4, -0.2) is 31.9 Å². The number of aromatic nitrogens is 5. The van der Waals surface area contributed by atoms with Crippen molar-refractivity contribution in [2.45, 2.75) is 13.0 Å². The molecule has 0 radical (unpaired) electrons. The van der Waals surface area contributed by atoms with Crippen LogP contribution >= 0.6 is 0 Å². The lowest BCUT2D eigenvalue weighted by Crippen LogP contribution is -2.23. The number of hydrogen-bond donors (Lipinski definition) is 2. The number of rotatable bonds is 4. The molecule has 0 aromatic carbocycles. The van der Waals surface area contributed by atoms with Gasteiger partial charge in [0, 0.05) is 12.4 Å². The third kappa shape index (κ3) is 2.16. The number of aromatic amines is 1. The molecule has 6 heteroatoms. The first kappa shape index (κ1) is 9.72. The van der Waals surface area contributed by atoms with Gasteiger partial charge in [-0.05, 0) is 6.54 Å². The van der Waals surface area contributed by atoms with Gasteiger partial charge in [-0.2, -0.15) is 15.4 Å². The second kappa shape index (κ2) is 4.61. The molecule has 78 valence electrons. The largest absolute Gasteiger partial charge is 0.304 e. The molecule has 0 fully saturated rings. The van der Waals surface area contributed by atoms with Crippen molar-refractivity contribution < 1.29 is 0 Å². The summed E-state index contributed by atoms with van der Waals surface area (Å²) in [6, 6.07) is -0.0533. The van der Waals surface area contributed by atoms with Crippen molar-refractivity contribution in [1.82, 2.24) is 30.7 Å². The molecule has 0 aliphatic rings. The van der Waals surface area contributed by atoms with Crippen LogP contribution in [0.1, 0.15) is 24.4 Å². The van der Waals surface area contributed by atoms with Crippen molar-refractivity contribution in [2.75, 3.05) is 6.54 Å². The molecule has 0 saturated carbocycles. The fourth-order valence-corrected chi connectivity index (χ4v) is 1.37. The lowest BCUT2D eigenvalue weighted by molar-refractivity contribution is 0.596. The van der Waals surface area contributed by atoms with E-state index in [2.05, 4.69) is 30.7 Å². The maximum absolute atomic E-state index is 4.25. The maximum Gasteiger partial charge on any atom is 0.106 e. The van der Waals surface area contributed by atoms with Gasteiger partial charge in [-0.1, -0.05) is 6.92 Å². The van der Waals surface area contributed by atoms with E-state index in [-0.39, 0.29) is 6.04 Å². The summed E-state index contributed by atoms with van der Waals surface area (Å²) in [5.41, 5.74) is 1.66. The van der Waals surface area contributed by atoms with Gasteiger partial charge in [-0.3, -0.25) is 9.97 Å². The first-order valence-corrected chi connectivity index (χ1v) is 4.76. The molecule has 2 aromatic heterocycles. The van der Waals surface area contributed by atoms with E-state index in [9.17, 15) is 0 Å². The van der Waals surface area contributed by atoms with Gasteiger partial charge in [-0.25, -0.2) is 0 Å². The first-order valence-electron chi connectivity index (χ1n) is 4.76. The molecule has 0 spiro atoms. The molecule has 1 unspecified atom stereocenters. The molecule has 0 amide bonds. The number of nitrogens with one attached hydrogen (secondary N) is 2. The molecule has 0 bridgehead atoms. The number of H-pyrrole nitrogens is 1. The van der Waals surface area contributed by atoms with E-state index < -0.39 is 0 Å². The highest BCUT2D eigenvalue weighted by Crippen LogP contribution is 2.15. The molecule has 15 heavy (non-hydrogen) atoms. The van der Waals surface area contributed by atoms with Crippen molar-refractivity contribution >= 4 is 0 Å². The Bertz CT molecular complexity index is 384. The van der Waals surface area contributed by atoms with E-state index in [1.165, 1.54) is 0 Å². The summed E-state index contributed by atoms with van der Waals surface area (Å²) < 4.78 is 0. The molecule has 0 saturated heterocycles. The van der Waals surface area contributed by atoms with Crippen molar-refractivity contribution in [3.63, 3.8) is 0 Å². The summed E-state index contributed by atoms with van der Waals surface area (Å²) in [4.78, 5) is 8.28. The Kier molecular flexibility index (Phi) is 2.99. The second-order valence-corrected chi connectivity index (χ2v) is 3.02. The zero-order valence-corrected chi connectivity index (χ0v) is 8.38. The van der Waals surface area contributed by atoms with Gasteiger partial charge in [0.05, 0.1) is 24.1 Å². The molecule has 6 nitrogen and oxygen atoms in total. The smallest absolute Gasteiger partial charge is 0.106 e. The monoisotopic (exact) mass is 204 g/mol. The third-order valence-corrected chi connectivity index (χ3v) is 2.02. The average molecular weight is 204 g/mol. The lowest BCUT2D eigenvalue weighted by atomic mass is 10.1. The molecule has 2 heterocycles. The Balaban J connectivity index is 2.28. The predicted molar refractivity (Wildman–Crippen MR) is 53.9 cm³/mol. The van der Waals surface area contributed by atoms with Gasteiger partial charge in [0.15, 0.2) is 0 Å². The zero-order chi connectivity index (χ0) is 10.5. The van der Waals surface area contributed by atoms with Crippen LogP contribution < -0.4 is 5.32 Å². The van der Waals surface area contributed by atoms with Crippen molar-refractivity contribution in [3.05, 3.63) is 36.2 Å². The Labute approximate surface area is 87.2 Å². The summed E-state index contributed by atoms with van der Waals surface area (Å²) in [6.07, 6.45) is 6.72. The summed E-state index contributed by atoms with van der Waals surface area (Å²) in [7, 11) is 0. The van der Waals surface area contributed by atoms with Gasteiger partial charge in [0.25, 0.3) is 0 Å². The van der Waals surface area contributed by atoms with Crippen LogP contribution in [-0.2, 0) is 0 Å². The van der Waals surface area contributed by atoms with Gasteiger partial charge < -0.3 is 5.32 Å². The van der Waals surface area contributed by atoms with Crippen molar-refractivity contribution in [2.24, 2.45) is 0 Å².